The van der Waals surface area contributed by atoms with Gasteiger partial charge in [0, 0.05) is 12.6 Å². The van der Waals surface area contributed by atoms with Gasteiger partial charge in [-0.3, -0.25) is 9.59 Å². The second-order valence-electron chi connectivity index (χ2n) is 5.08. The Kier molecular flexibility index (Phi) is 3.42. The smallest absolute Gasteiger partial charge is 0.311 e. The summed E-state index contributed by atoms with van der Waals surface area (Å²) in [5.74, 6) is -1.86. The third-order valence-electron chi connectivity index (χ3n) is 3.43. The Morgan fingerprint density at radius 3 is 2.47 bits per heavy atom. The maximum atomic E-state index is 12.3. The molecular formula is C15H17NO3. The van der Waals surface area contributed by atoms with Gasteiger partial charge >= 0.3 is 5.97 Å². The lowest BCUT2D eigenvalue weighted by atomic mass is 9.88. The molecule has 4 nitrogen and oxygen atoms in total. The highest BCUT2D eigenvalue weighted by Crippen LogP contribution is 2.24. The molecule has 1 heterocycles. The van der Waals surface area contributed by atoms with E-state index in [0.717, 1.165) is 10.9 Å². The number of carboxylic acid groups (broad SMARTS) is 1. The molecule has 1 aromatic carbocycles. The van der Waals surface area contributed by atoms with Gasteiger partial charge in [-0.15, -0.1) is 0 Å². The lowest BCUT2D eigenvalue weighted by Gasteiger charge is -2.17. The second kappa shape index (κ2) is 4.88. The number of fused-ring (bicyclic) bond motifs is 1. The Morgan fingerprint density at radius 2 is 1.89 bits per heavy atom. The zero-order chi connectivity index (χ0) is 14.2. The maximum Gasteiger partial charge on any atom is 0.311 e. The van der Waals surface area contributed by atoms with E-state index >= 15 is 0 Å². The summed E-state index contributed by atoms with van der Waals surface area (Å²) in [4.78, 5) is 23.7. The number of hydrogen-bond donors (Lipinski definition) is 1. The summed E-state index contributed by atoms with van der Waals surface area (Å²) in [7, 11) is 1.67. The van der Waals surface area contributed by atoms with Crippen LogP contribution < -0.4 is 5.56 Å². The van der Waals surface area contributed by atoms with Crippen LogP contribution in [0.3, 0.4) is 0 Å². The average Bonchev–Trinajstić information content (AvgIpc) is 2.34. The van der Waals surface area contributed by atoms with Gasteiger partial charge < -0.3 is 9.67 Å². The third kappa shape index (κ3) is 2.26. The van der Waals surface area contributed by atoms with Crippen LogP contribution >= 0.6 is 0 Å². The van der Waals surface area contributed by atoms with Gasteiger partial charge in [-0.2, -0.15) is 0 Å². The Hall–Kier alpha value is -2.10. The Labute approximate surface area is 111 Å². The molecule has 0 radical (unpaired) electrons. The molecule has 2 aromatic rings. The van der Waals surface area contributed by atoms with E-state index in [-0.39, 0.29) is 11.5 Å². The Bertz CT molecular complexity index is 685. The van der Waals surface area contributed by atoms with E-state index in [4.69, 9.17) is 0 Å². The summed E-state index contributed by atoms with van der Waals surface area (Å²) in [5.41, 5.74) is 0.924. The number of pyridine rings is 1. The molecular weight excluding hydrogens is 242 g/mol. The molecule has 1 unspecified atom stereocenters. The monoisotopic (exact) mass is 259 g/mol. The fourth-order valence-corrected chi connectivity index (χ4v) is 2.45. The van der Waals surface area contributed by atoms with E-state index in [1.54, 1.807) is 13.1 Å². The summed E-state index contributed by atoms with van der Waals surface area (Å²) in [6.07, 6.45) is 0. The van der Waals surface area contributed by atoms with Crippen molar-refractivity contribution in [2.45, 2.75) is 19.8 Å². The number of para-hydroxylation sites is 1. The van der Waals surface area contributed by atoms with Gasteiger partial charge in [-0.25, -0.2) is 0 Å². The fraction of sp³-hybridized carbons (Fsp3) is 0.333. The van der Waals surface area contributed by atoms with Crippen molar-refractivity contribution in [2.75, 3.05) is 0 Å². The summed E-state index contributed by atoms with van der Waals surface area (Å²) in [6, 6.07) is 9.18. The molecule has 100 valence electrons. The van der Waals surface area contributed by atoms with E-state index in [0.29, 0.717) is 5.56 Å². The van der Waals surface area contributed by atoms with Crippen molar-refractivity contribution >= 4 is 16.9 Å². The highest BCUT2D eigenvalue weighted by atomic mass is 16.4. The SMILES string of the molecule is CC(C)C(C(=O)O)c1cc2ccccc2n(C)c1=O. The van der Waals surface area contributed by atoms with Crippen LogP contribution in [0.4, 0.5) is 0 Å². The largest absolute Gasteiger partial charge is 0.481 e. The molecule has 1 aromatic heterocycles. The summed E-state index contributed by atoms with van der Waals surface area (Å²) >= 11 is 0. The molecule has 2 rings (SSSR count). The van der Waals surface area contributed by atoms with Gasteiger partial charge in [0.2, 0.25) is 0 Å². The van der Waals surface area contributed by atoms with Crippen LogP contribution in [0, 0.1) is 5.92 Å². The molecule has 0 saturated heterocycles. The Morgan fingerprint density at radius 1 is 1.26 bits per heavy atom. The molecule has 0 amide bonds. The minimum atomic E-state index is -0.956. The van der Waals surface area contributed by atoms with E-state index in [1.807, 2.05) is 38.1 Å². The first kappa shape index (κ1) is 13.3. The molecule has 0 saturated carbocycles. The van der Waals surface area contributed by atoms with E-state index in [1.165, 1.54) is 4.57 Å². The Balaban J connectivity index is 2.77. The maximum absolute atomic E-state index is 12.3. The van der Waals surface area contributed by atoms with Crippen molar-refractivity contribution in [3.05, 3.63) is 46.2 Å². The molecule has 0 aliphatic heterocycles. The number of carbonyl (C=O) groups is 1. The zero-order valence-corrected chi connectivity index (χ0v) is 11.3. The number of aliphatic carboxylic acids is 1. The van der Waals surface area contributed by atoms with Crippen LogP contribution in [0.5, 0.6) is 0 Å². The van der Waals surface area contributed by atoms with E-state index in [2.05, 4.69) is 0 Å². The molecule has 0 bridgehead atoms. The van der Waals surface area contributed by atoms with Crippen LogP contribution in [-0.4, -0.2) is 15.6 Å². The first-order chi connectivity index (χ1) is 8.93. The van der Waals surface area contributed by atoms with E-state index < -0.39 is 11.9 Å². The number of hydrogen-bond acceptors (Lipinski definition) is 2. The van der Waals surface area contributed by atoms with Crippen LogP contribution in [0.1, 0.15) is 25.3 Å². The number of carboxylic acids is 1. The molecule has 1 atom stereocenters. The lowest BCUT2D eigenvalue weighted by Crippen LogP contribution is -2.29. The number of aromatic nitrogens is 1. The van der Waals surface area contributed by atoms with Crippen LogP contribution in [0.2, 0.25) is 0 Å². The standard InChI is InChI=1S/C15H17NO3/c1-9(2)13(15(18)19)11-8-10-6-4-5-7-12(10)16(3)14(11)17/h4-9,13H,1-3H3,(H,18,19). The number of aryl methyl sites for hydroxylation is 1. The second-order valence-corrected chi connectivity index (χ2v) is 5.08. The van der Waals surface area contributed by atoms with Gasteiger partial charge in [0.25, 0.3) is 5.56 Å². The predicted octanol–water partition coefficient (Wildman–Crippen LogP) is 2.36. The summed E-state index contributed by atoms with van der Waals surface area (Å²) < 4.78 is 1.52. The van der Waals surface area contributed by atoms with Crippen LogP contribution in [0.25, 0.3) is 10.9 Å². The molecule has 0 aliphatic carbocycles. The van der Waals surface area contributed by atoms with Crippen molar-refractivity contribution in [1.29, 1.82) is 0 Å². The molecule has 1 N–H and O–H groups in total. The minimum absolute atomic E-state index is 0.133. The van der Waals surface area contributed by atoms with Crippen molar-refractivity contribution < 1.29 is 9.90 Å². The average molecular weight is 259 g/mol. The van der Waals surface area contributed by atoms with Crippen molar-refractivity contribution in [1.82, 2.24) is 4.57 Å². The molecule has 0 fully saturated rings. The number of nitrogens with zero attached hydrogens (tertiary/aromatic N) is 1. The highest BCUT2D eigenvalue weighted by molar-refractivity contribution is 5.82. The fourth-order valence-electron chi connectivity index (χ4n) is 2.45. The molecule has 0 aliphatic rings. The van der Waals surface area contributed by atoms with Gasteiger partial charge in [-0.1, -0.05) is 32.0 Å². The number of rotatable bonds is 3. The van der Waals surface area contributed by atoms with Crippen molar-refractivity contribution in [3.63, 3.8) is 0 Å². The van der Waals surface area contributed by atoms with Gasteiger partial charge in [0.1, 0.15) is 0 Å². The first-order valence-electron chi connectivity index (χ1n) is 6.25. The highest BCUT2D eigenvalue weighted by Gasteiger charge is 2.27. The summed E-state index contributed by atoms with van der Waals surface area (Å²) in [5, 5.41) is 10.2. The normalized spacial score (nSPS) is 12.8. The third-order valence-corrected chi connectivity index (χ3v) is 3.43. The van der Waals surface area contributed by atoms with Crippen molar-refractivity contribution in [3.8, 4) is 0 Å². The van der Waals surface area contributed by atoms with Crippen LogP contribution in [-0.2, 0) is 11.8 Å². The van der Waals surface area contributed by atoms with Gasteiger partial charge in [0.05, 0.1) is 11.4 Å². The van der Waals surface area contributed by atoms with Gasteiger partial charge in [-0.05, 0) is 23.4 Å². The zero-order valence-electron chi connectivity index (χ0n) is 11.3. The topological polar surface area (TPSA) is 59.3 Å². The predicted molar refractivity (Wildman–Crippen MR) is 74.4 cm³/mol. The number of benzene rings is 1. The first-order valence-corrected chi connectivity index (χ1v) is 6.25. The molecule has 19 heavy (non-hydrogen) atoms. The quantitative estimate of drug-likeness (QED) is 0.920. The summed E-state index contributed by atoms with van der Waals surface area (Å²) in [6.45, 7) is 3.63. The van der Waals surface area contributed by atoms with Crippen LogP contribution in [0.15, 0.2) is 35.1 Å². The molecule has 4 heteroatoms. The van der Waals surface area contributed by atoms with Gasteiger partial charge in [0.15, 0.2) is 0 Å². The molecule has 0 spiro atoms. The van der Waals surface area contributed by atoms with Crippen molar-refractivity contribution in [2.24, 2.45) is 13.0 Å². The van der Waals surface area contributed by atoms with E-state index in [9.17, 15) is 14.7 Å². The lowest BCUT2D eigenvalue weighted by molar-refractivity contribution is -0.139. The minimum Gasteiger partial charge on any atom is -0.481 e.